The predicted octanol–water partition coefficient (Wildman–Crippen LogP) is 5.44. The number of nitrogens with zero attached hydrogens (tertiary/aromatic N) is 1. The Morgan fingerprint density at radius 3 is 2.63 bits per heavy atom. The largest absolute Gasteiger partial charge is 0.497 e. The molecular weight excluding hydrogens is 484 g/mol. The minimum absolute atomic E-state index is 0.148. The third-order valence-electron chi connectivity index (χ3n) is 5.68. The van der Waals surface area contributed by atoms with Crippen molar-refractivity contribution in [3.8, 4) is 11.5 Å². The van der Waals surface area contributed by atoms with Crippen molar-refractivity contribution in [1.29, 1.82) is 0 Å². The second kappa shape index (κ2) is 10.9. The number of rotatable bonds is 7. The Hall–Kier alpha value is -3.42. The molecule has 3 aromatic carbocycles. The molecule has 0 aliphatic carbocycles. The van der Waals surface area contributed by atoms with Crippen LogP contribution in [0.15, 0.2) is 70.5 Å². The number of carbonyl (C=O) groups excluding carboxylic acids is 2. The van der Waals surface area contributed by atoms with Crippen molar-refractivity contribution >= 4 is 46.9 Å². The molecule has 1 N–H and O–H groups in total. The van der Waals surface area contributed by atoms with E-state index in [0.717, 1.165) is 27.5 Å². The molecule has 0 aromatic heterocycles. The van der Waals surface area contributed by atoms with Crippen molar-refractivity contribution < 1.29 is 19.1 Å². The fourth-order valence-corrected chi connectivity index (χ4v) is 5.03. The summed E-state index contributed by atoms with van der Waals surface area (Å²) in [5.41, 5.74) is 2.90. The predicted molar refractivity (Wildman–Crippen MR) is 141 cm³/mol. The second-order valence-corrected chi connectivity index (χ2v) is 9.35. The quantitative estimate of drug-likeness (QED) is 0.430. The van der Waals surface area contributed by atoms with E-state index in [4.69, 9.17) is 21.1 Å². The van der Waals surface area contributed by atoms with E-state index < -0.39 is 0 Å². The van der Waals surface area contributed by atoms with Crippen LogP contribution >= 0.6 is 23.4 Å². The van der Waals surface area contributed by atoms with Crippen LogP contribution in [0.3, 0.4) is 0 Å². The van der Waals surface area contributed by atoms with Gasteiger partial charge < -0.3 is 19.7 Å². The van der Waals surface area contributed by atoms with Crippen LogP contribution in [0.5, 0.6) is 11.5 Å². The number of likely N-dealkylation sites (N-methyl/N-ethyl adjacent to an activating group) is 1. The van der Waals surface area contributed by atoms with Crippen LogP contribution in [0, 0.1) is 0 Å². The van der Waals surface area contributed by atoms with Crippen molar-refractivity contribution in [2.45, 2.75) is 11.3 Å². The van der Waals surface area contributed by atoms with Crippen LogP contribution < -0.4 is 19.7 Å². The van der Waals surface area contributed by atoms with Crippen LogP contribution in [0.1, 0.15) is 21.5 Å². The second-order valence-electron chi connectivity index (χ2n) is 7.86. The SMILES string of the molecule is COc1ccc(OC)c(CCNC(=O)c2ccc3c(c2)N(C)C(=O)C(=Cc2ccccc2Cl)S3)c1. The van der Waals surface area contributed by atoms with Gasteiger partial charge in [-0.2, -0.15) is 0 Å². The molecule has 0 unspecified atom stereocenters. The first-order valence-electron chi connectivity index (χ1n) is 11.0. The molecule has 3 aromatic rings. The molecule has 0 atom stereocenters. The zero-order valence-electron chi connectivity index (χ0n) is 19.6. The summed E-state index contributed by atoms with van der Waals surface area (Å²) in [7, 11) is 4.93. The lowest BCUT2D eigenvalue weighted by Crippen LogP contribution is -2.31. The highest BCUT2D eigenvalue weighted by Gasteiger charge is 2.27. The molecule has 1 heterocycles. The van der Waals surface area contributed by atoms with E-state index in [0.29, 0.717) is 34.1 Å². The molecule has 0 saturated carbocycles. The number of halogens is 1. The molecule has 8 heteroatoms. The molecule has 6 nitrogen and oxygen atoms in total. The third-order valence-corrected chi connectivity index (χ3v) is 7.10. The zero-order valence-corrected chi connectivity index (χ0v) is 21.2. The fraction of sp³-hybridized carbons (Fsp3) is 0.185. The van der Waals surface area contributed by atoms with Gasteiger partial charge in [0.05, 0.1) is 24.8 Å². The molecule has 4 rings (SSSR count). The van der Waals surface area contributed by atoms with E-state index in [2.05, 4.69) is 5.32 Å². The Bertz CT molecular complexity index is 1310. The molecule has 0 saturated heterocycles. The molecule has 0 spiro atoms. The lowest BCUT2D eigenvalue weighted by atomic mass is 10.1. The fourth-order valence-electron chi connectivity index (χ4n) is 3.76. The maximum absolute atomic E-state index is 13.0. The van der Waals surface area contributed by atoms with E-state index in [1.807, 2.05) is 42.5 Å². The first kappa shape index (κ1) is 24.7. The van der Waals surface area contributed by atoms with Gasteiger partial charge in [0.25, 0.3) is 11.8 Å². The number of hydrogen-bond donors (Lipinski definition) is 1. The number of nitrogens with one attached hydrogen (secondary N) is 1. The topological polar surface area (TPSA) is 67.9 Å². The smallest absolute Gasteiger partial charge is 0.264 e. The number of thioether (sulfide) groups is 1. The average Bonchev–Trinajstić information content (AvgIpc) is 2.88. The van der Waals surface area contributed by atoms with Gasteiger partial charge in [0.1, 0.15) is 11.5 Å². The van der Waals surface area contributed by atoms with Gasteiger partial charge in [-0.05, 0) is 66.1 Å². The lowest BCUT2D eigenvalue weighted by molar-refractivity contribution is -0.114. The van der Waals surface area contributed by atoms with Crippen LogP contribution in [0.4, 0.5) is 5.69 Å². The molecule has 2 amide bonds. The number of benzene rings is 3. The zero-order chi connectivity index (χ0) is 24.9. The number of anilines is 1. The minimum atomic E-state index is -0.210. The van der Waals surface area contributed by atoms with Crippen molar-refractivity contribution in [2.24, 2.45) is 0 Å². The highest BCUT2D eigenvalue weighted by atomic mass is 35.5. The van der Waals surface area contributed by atoms with E-state index in [1.165, 1.54) is 11.8 Å². The molecule has 1 aliphatic rings. The number of hydrogen-bond acceptors (Lipinski definition) is 5. The van der Waals surface area contributed by atoms with Gasteiger partial charge in [-0.1, -0.05) is 41.6 Å². The highest BCUT2D eigenvalue weighted by Crippen LogP contribution is 2.42. The summed E-state index contributed by atoms with van der Waals surface area (Å²) in [6.45, 7) is 0.424. The summed E-state index contributed by atoms with van der Waals surface area (Å²) in [4.78, 5) is 28.8. The Labute approximate surface area is 213 Å². The highest BCUT2D eigenvalue weighted by molar-refractivity contribution is 8.04. The first-order chi connectivity index (χ1) is 16.9. The molecule has 1 aliphatic heterocycles. The number of methoxy groups -OCH3 is 2. The van der Waals surface area contributed by atoms with Gasteiger partial charge in [0.2, 0.25) is 0 Å². The number of ether oxygens (including phenoxy) is 2. The van der Waals surface area contributed by atoms with Gasteiger partial charge >= 0.3 is 0 Å². The number of fused-ring (bicyclic) bond motifs is 1. The maximum atomic E-state index is 13.0. The molecule has 0 radical (unpaired) electrons. The van der Waals surface area contributed by atoms with E-state index in [9.17, 15) is 9.59 Å². The monoisotopic (exact) mass is 508 g/mol. The van der Waals surface area contributed by atoms with Gasteiger partial charge in [-0.15, -0.1) is 0 Å². The standard InChI is InChI=1S/C27H25ClN2O4S/c1-30-22-15-19(26(31)29-13-12-18-14-20(33-2)9-10-23(18)34-3)8-11-24(22)35-25(27(30)32)16-17-6-4-5-7-21(17)28/h4-11,14-16H,12-13H2,1-3H3,(H,29,31). The Morgan fingerprint density at radius 1 is 1.09 bits per heavy atom. The van der Waals surface area contributed by atoms with Gasteiger partial charge in [-0.25, -0.2) is 0 Å². The van der Waals surface area contributed by atoms with E-state index >= 15 is 0 Å². The van der Waals surface area contributed by atoms with Crippen LogP contribution in [-0.2, 0) is 11.2 Å². The number of carbonyl (C=O) groups is 2. The Kier molecular flexibility index (Phi) is 7.68. The first-order valence-corrected chi connectivity index (χ1v) is 12.2. The summed E-state index contributed by atoms with van der Waals surface area (Å²) < 4.78 is 10.7. The van der Waals surface area contributed by atoms with Crippen molar-refractivity contribution in [3.63, 3.8) is 0 Å². The molecule has 180 valence electrons. The molecule has 0 fully saturated rings. The Morgan fingerprint density at radius 2 is 1.89 bits per heavy atom. The van der Waals surface area contributed by atoms with Crippen molar-refractivity contribution in [3.05, 3.63) is 87.3 Å². The Balaban J connectivity index is 1.47. The average molecular weight is 509 g/mol. The summed E-state index contributed by atoms with van der Waals surface area (Å²) >= 11 is 7.63. The van der Waals surface area contributed by atoms with Crippen molar-refractivity contribution in [2.75, 3.05) is 32.7 Å². The van der Waals surface area contributed by atoms with Crippen LogP contribution in [0.2, 0.25) is 5.02 Å². The normalized spacial score (nSPS) is 14.0. The molecule has 0 bridgehead atoms. The summed E-state index contributed by atoms with van der Waals surface area (Å²) in [5.74, 6) is 1.12. The summed E-state index contributed by atoms with van der Waals surface area (Å²) in [6, 6.07) is 18.3. The van der Waals surface area contributed by atoms with Crippen molar-refractivity contribution in [1.82, 2.24) is 5.32 Å². The van der Waals surface area contributed by atoms with Gasteiger partial charge in [0, 0.05) is 29.1 Å². The summed E-state index contributed by atoms with van der Waals surface area (Å²) in [5, 5.41) is 3.53. The maximum Gasteiger partial charge on any atom is 0.264 e. The summed E-state index contributed by atoms with van der Waals surface area (Å²) in [6.07, 6.45) is 2.38. The van der Waals surface area contributed by atoms with Crippen LogP contribution in [-0.4, -0.2) is 39.6 Å². The van der Waals surface area contributed by atoms with Gasteiger partial charge in [0.15, 0.2) is 0 Å². The van der Waals surface area contributed by atoms with E-state index in [1.54, 1.807) is 50.4 Å². The van der Waals surface area contributed by atoms with E-state index in [-0.39, 0.29) is 11.8 Å². The van der Waals surface area contributed by atoms with Gasteiger partial charge in [-0.3, -0.25) is 9.59 Å². The van der Waals surface area contributed by atoms with Crippen LogP contribution in [0.25, 0.3) is 6.08 Å². The molecule has 35 heavy (non-hydrogen) atoms. The molecular formula is C27H25ClN2O4S. The minimum Gasteiger partial charge on any atom is -0.497 e. The third kappa shape index (κ3) is 5.47. The number of amides is 2. The lowest BCUT2D eigenvalue weighted by Gasteiger charge is -2.27.